The van der Waals surface area contributed by atoms with Crippen molar-refractivity contribution >= 4 is 0 Å². The summed E-state index contributed by atoms with van der Waals surface area (Å²) in [5, 5.41) is 1.81. The molecule has 0 unspecified atom stereocenters. The minimum Gasteiger partial charge on any atom is -0.329 e. The molecule has 0 aromatic carbocycles. The zero-order chi connectivity index (χ0) is 6.41. The van der Waals surface area contributed by atoms with Crippen LogP contribution >= 0.6 is 0 Å². The summed E-state index contributed by atoms with van der Waals surface area (Å²) in [7, 11) is 3.68. The fraction of sp³-hybridized carbons (Fsp3) is 1.00. The largest absolute Gasteiger partial charge is 0.329 e. The van der Waals surface area contributed by atoms with E-state index in [1.54, 1.807) is 5.12 Å². The van der Waals surface area contributed by atoms with Crippen molar-refractivity contribution in [3.05, 3.63) is 0 Å². The number of nitrogens with zero attached hydrogens (tertiary/aromatic N) is 1. The molecule has 0 heterocycles. The van der Waals surface area contributed by atoms with Gasteiger partial charge in [-0.1, -0.05) is 0 Å². The lowest BCUT2D eigenvalue weighted by Crippen LogP contribution is -2.46. The van der Waals surface area contributed by atoms with E-state index in [0.717, 1.165) is 6.54 Å². The van der Waals surface area contributed by atoms with Crippen LogP contribution in [0.4, 0.5) is 0 Å². The lowest BCUT2D eigenvalue weighted by Gasteiger charge is -2.17. The van der Waals surface area contributed by atoms with Crippen LogP contribution in [0, 0.1) is 0 Å². The van der Waals surface area contributed by atoms with Gasteiger partial charge in [0.25, 0.3) is 0 Å². The van der Waals surface area contributed by atoms with Gasteiger partial charge in [0.05, 0.1) is 0 Å². The number of hydrogen-bond donors (Lipinski definition) is 3. The van der Waals surface area contributed by atoms with E-state index in [1.807, 2.05) is 14.1 Å². The summed E-state index contributed by atoms with van der Waals surface area (Å²) < 4.78 is 0. The number of rotatable bonds is 4. The Bertz CT molecular complexity index is 43.3. The van der Waals surface area contributed by atoms with E-state index in [4.69, 9.17) is 5.73 Å². The molecule has 0 aromatic heterocycles. The highest BCUT2D eigenvalue weighted by atomic mass is 15.7. The third-order valence-corrected chi connectivity index (χ3v) is 0.893. The van der Waals surface area contributed by atoms with Crippen molar-refractivity contribution in [3.8, 4) is 0 Å². The molecule has 0 aliphatic carbocycles. The molecular weight excluding hydrogens is 104 g/mol. The summed E-state index contributed by atoms with van der Waals surface area (Å²) >= 11 is 0. The van der Waals surface area contributed by atoms with Crippen molar-refractivity contribution in [1.29, 1.82) is 0 Å². The number of hydrogen-bond acceptors (Lipinski definition) is 4. The van der Waals surface area contributed by atoms with Crippen LogP contribution in [0.2, 0.25) is 0 Å². The first-order valence-corrected chi connectivity index (χ1v) is 2.67. The molecule has 0 aliphatic heterocycles. The molecule has 0 bridgehead atoms. The Morgan fingerprint density at radius 3 is 2.00 bits per heavy atom. The van der Waals surface area contributed by atoms with Gasteiger partial charge in [0, 0.05) is 27.2 Å². The van der Waals surface area contributed by atoms with Crippen LogP contribution in [0.5, 0.6) is 0 Å². The fourth-order valence-corrected chi connectivity index (χ4v) is 0.465. The Kier molecular flexibility index (Phi) is 4.89. The second kappa shape index (κ2) is 4.99. The first kappa shape index (κ1) is 7.84. The highest BCUT2D eigenvalue weighted by Crippen LogP contribution is 1.65. The van der Waals surface area contributed by atoms with Crippen molar-refractivity contribution in [2.45, 2.75) is 0 Å². The Balaban J connectivity index is 3.07. The Morgan fingerprint density at radius 1 is 1.38 bits per heavy atom. The number of nitrogens with two attached hydrogens (primary N) is 1. The van der Waals surface area contributed by atoms with Gasteiger partial charge in [-0.3, -0.25) is 0 Å². The molecule has 0 saturated heterocycles. The number of nitrogens with one attached hydrogen (secondary N) is 2. The molecule has 0 saturated carbocycles. The molecule has 0 spiro atoms. The maximum atomic E-state index is 5.26. The van der Waals surface area contributed by atoms with Gasteiger partial charge >= 0.3 is 0 Å². The quantitative estimate of drug-likeness (QED) is 0.394. The maximum Gasteiger partial charge on any atom is 0.0410 e. The third kappa shape index (κ3) is 2.92. The Labute approximate surface area is 50.0 Å². The minimum absolute atomic E-state index is 0.654. The molecule has 4 nitrogen and oxygen atoms in total. The molecule has 0 amide bonds. The van der Waals surface area contributed by atoms with Gasteiger partial charge < -0.3 is 5.73 Å². The maximum absolute atomic E-state index is 5.26. The Hall–Kier alpha value is -0.160. The molecule has 4 N–H and O–H groups in total. The molecule has 4 heteroatoms. The highest BCUT2D eigenvalue weighted by molar-refractivity contribution is 4.39. The molecule has 0 fully saturated rings. The lowest BCUT2D eigenvalue weighted by atomic mass is 10.7. The van der Waals surface area contributed by atoms with Crippen LogP contribution in [-0.4, -0.2) is 32.3 Å². The third-order valence-electron chi connectivity index (χ3n) is 0.893. The van der Waals surface area contributed by atoms with E-state index >= 15 is 0 Å². The summed E-state index contributed by atoms with van der Waals surface area (Å²) in [5.74, 6) is 0. The van der Waals surface area contributed by atoms with Gasteiger partial charge in [0.15, 0.2) is 0 Å². The van der Waals surface area contributed by atoms with Crippen molar-refractivity contribution < 1.29 is 0 Å². The van der Waals surface area contributed by atoms with Crippen LogP contribution in [0.25, 0.3) is 0 Å². The number of hydrazine groups is 2. The summed E-state index contributed by atoms with van der Waals surface area (Å²) in [5.41, 5.74) is 11.0. The smallest absolute Gasteiger partial charge is 0.0410 e. The summed E-state index contributed by atoms with van der Waals surface area (Å²) in [4.78, 5) is 0. The molecule has 0 rings (SSSR count). The highest BCUT2D eigenvalue weighted by Gasteiger charge is 1.91. The monoisotopic (exact) mass is 118 g/mol. The van der Waals surface area contributed by atoms with Crippen molar-refractivity contribution in [2.24, 2.45) is 5.73 Å². The first-order valence-electron chi connectivity index (χ1n) is 2.67. The van der Waals surface area contributed by atoms with Crippen LogP contribution in [0.15, 0.2) is 0 Å². The van der Waals surface area contributed by atoms with E-state index in [-0.39, 0.29) is 0 Å². The zero-order valence-corrected chi connectivity index (χ0v) is 5.44. The second-order valence-electron chi connectivity index (χ2n) is 1.39. The summed E-state index contributed by atoms with van der Waals surface area (Å²) in [6, 6.07) is 0. The molecule has 0 radical (unpaired) electrons. The van der Waals surface area contributed by atoms with Gasteiger partial charge in [0.1, 0.15) is 0 Å². The molecular formula is C4H14N4. The average molecular weight is 118 g/mol. The van der Waals surface area contributed by atoms with E-state index in [9.17, 15) is 0 Å². The molecule has 50 valence electrons. The van der Waals surface area contributed by atoms with E-state index < -0.39 is 0 Å². The zero-order valence-electron chi connectivity index (χ0n) is 5.44. The van der Waals surface area contributed by atoms with Crippen LogP contribution in [0.1, 0.15) is 0 Å². The predicted octanol–water partition coefficient (Wildman–Crippen LogP) is -1.48. The molecule has 0 atom stereocenters. The second-order valence-corrected chi connectivity index (χ2v) is 1.39. The van der Waals surface area contributed by atoms with Crippen molar-refractivity contribution in [3.63, 3.8) is 0 Å². The van der Waals surface area contributed by atoms with Crippen molar-refractivity contribution in [2.75, 3.05) is 27.2 Å². The molecule has 0 aromatic rings. The minimum atomic E-state index is 0.654. The van der Waals surface area contributed by atoms with Gasteiger partial charge in [0.2, 0.25) is 0 Å². The molecule has 8 heavy (non-hydrogen) atoms. The van der Waals surface area contributed by atoms with Crippen LogP contribution < -0.4 is 16.6 Å². The SMILES string of the molecule is CNN(CCN)NC. The van der Waals surface area contributed by atoms with Gasteiger partial charge in [-0.05, 0) is 0 Å². The van der Waals surface area contributed by atoms with E-state index in [1.165, 1.54) is 0 Å². The fourth-order valence-electron chi connectivity index (χ4n) is 0.465. The summed E-state index contributed by atoms with van der Waals surface area (Å²) in [6.45, 7) is 1.47. The van der Waals surface area contributed by atoms with Gasteiger partial charge in [-0.15, -0.1) is 0 Å². The van der Waals surface area contributed by atoms with Crippen molar-refractivity contribution in [1.82, 2.24) is 16.0 Å². The standard InChI is InChI=1S/C4H14N4/c1-6-8(7-2)4-3-5/h6-7H,3-5H2,1-2H3. The predicted molar refractivity (Wildman–Crippen MR) is 33.9 cm³/mol. The lowest BCUT2D eigenvalue weighted by molar-refractivity contribution is 0.151. The van der Waals surface area contributed by atoms with Crippen LogP contribution in [0.3, 0.4) is 0 Å². The first-order chi connectivity index (χ1) is 3.85. The Morgan fingerprint density at radius 2 is 1.88 bits per heavy atom. The molecule has 0 aliphatic rings. The van der Waals surface area contributed by atoms with E-state index in [2.05, 4.69) is 10.9 Å². The summed E-state index contributed by atoms with van der Waals surface area (Å²) in [6.07, 6.45) is 0. The van der Waals surface area contributed by atoms with Gasteiger partial charge in [-0.25, -0.2) is 10.9 Å². The average Bonchev–Trinajstić information content (AvgIpc) is 1.83. The normalized spacial score (nSPS) is 10.5. The van der Waals surface area contributed by atoms with Crippen LogP contribution in [-0.2, 0) is 0 Å². The topological polar surface area (TPSA) is 53.3 Å². The van der Waals surface area contributed by atoms with Gasteiger partial charge in [-0.2, -0.15) is 5.12 Å². The van der Waals surface area contributed by atoms with E-state index in [0.29, 0.717) is 6.54 Å².